The zero-order valence-electron chi connectivity index (χ0n) is 7.47. The van der Waals surface area contributed by atoms with Crippen LogP contribution in [0.2, 0.25) is 0 Å². The fraction of sp³-hybridized carbons (Fsp3) is 0.273. The first kappa shape index (κ1) is 8.17. The molecular formula is C11H11NO. The van der Waals surface area contributed by atoms with Crippen LogP contribution in [0.5, 0.6) is 0 Å². The van der Waals surface area contributed by atoms with Crippen molar-refractivity contribution < 1.29 is 0 Å². The lowest BCUT2D eigenvalue weighted by Gasteiger charge is -2.11. The summed E-state index contributed by atoms with van der Waals surface area (Å²) < 4.78 is 0. The van der Waals surface area contributed by atoms with E-state index in [4.69, 9.17) is 0 Å². The molecular weight excluding hydrogens is 162 g/mol. The smallest absolute Gasteiger partial charge is 0.0994 e. The van der Waals surface area contributed by atoms with Crippen molar-refractivity contribution in [1.82, 2.24) is 0 Å². The van der Waals surface area contributed by atoms with Crippen LogP contribution in [0.25, 0.3) is 6.08 Å². The minimum atomic E-state index is -0.167. The Hall–Kier alpha value is -1.44. The van der Waals surface area contributed by atoms with E-state index in [0.29, 0.717) is 0 Å². The summed E-state index contributed by atoms with van der Waals surface area (Å²) in [7, 11) is 0. The van der Waals surface area contributed by atoms with Crippen LogP contribution in [-0.4, -0.2) is 6.04 Å². The summed E-state index contributed by atoms with van der Waals surface area (Å²) in [6, 6.07) is 7.95. The van der Waals surface area contributed by atoms with Gasteiger partial charge in [0.25, 0.3) is 0 Å². The van der Waals surface area contributed by atoms with Crippen LogP contribution in [0.3, 0.4) is 0 Å². The van der Waals surface area contributed by atoms with Crippen molar-refractivity contribution in [1.29, 1.82) is 0 Å². The lowest BCUT2D eigenvalue weighted by Crippen LogP contribution is -2.08. The first-order chi connectivity index (χ1) is 6.33. The summed E-state index contributed by atoms with van der Waals surface area (Å²) in [5.41, 5.74) is 2.43. The third-order valence-electron chi connectivity index (χ3n) is 2.52. The molecule has 0 saturated heterocycles. The Morgan fingerprint density at radius 2 is 2.15 bits per heavy atom. The SMILES string of the molecule is CC(N=O)C1C=Cc2ccccc21. The molecule has 0 spiro atoms. The second-order valence-corrected chi connectivity index (χ2v) is 3.36. The first-order valence-corrected chi connectivity index (χ1v) is 4.42. The summed E-state index contributed by atoms with van der Waals surface area (Å²) >= 11 is 0. The highest BCUT2D eigenvalue weighted by Crippen LogP contribution is 2.33. The van der Waals surface area contributed by atoms with Gasteiger partial charge in [0.1, 0.15) is 0 Å². The van der Waals surface area contributed by atoms with E-state index in [-0.39, 0.29) is 12.0 Å². The standard InChI is InChI=1S/C11H11NO/c1-8(12-13)10-7-6-9-4-2-3-5-11(9)10/h2-8,10H,1H3. The second-order valence-electron chi connectivity index (χ2n) is 3.36. The molecule has 2 atom stereocenters. The number of benzene rings is 1. The fourth-order valence-electron chi connectivity index (χ4n) is 1.76. The molecule has 0 bridgehead atoms. The largest absolute Gasteiger partial charge is 0.150 e. The lowest BCUT2D eigenvalue weighted by molar-refractivity contribution is 0.667. The third kappa shape index (κ3) is 1.28. The number of rotatable bonds is 2. The van der Waals surface area contributed by atoms with E-state index < -0.39 is 0 Å². The monoisotopic (exact) mass is 173 g/mol. The van der Waals surface area contributed by atoms with E-state index in [2.05, 4.69) is 29.5 Å². The molecule has 1 aliphatic rings. The van der Waals surface area contributed by atoms with E-state index in [1.54, 1.807) is 0 Å². The summed E-state index contributed by atoms with van der Waals surface area (Å²) in [5.74, 6) is 0.175. The molecule has 1 aliphatic carbocycles. The van der Waals surface area contributed by atoms with Crippen LogP contribution in [0, 0.1) is 4.91 Å². The molecule has 0 fully saturated rings. The van der Waals surface area contributed by atoms with Gasteiger partial charge in [0.05, 0.1) is 6.04 Å². The Bertz CT molecular complexity index is 357. The molecule has 0 amide bonds. The normalized spacial score (nSPS) is 21.2. The van der Waals surface area contributed by atoms with E-state index in [1.807, 2.05) is 19.1 Å². The fourth-order valence-corrected chi connectivity index (χ4v) is 1.76. The molecule has 0 radical (unpaired) electrons. The van der Waals surface area contributed by atoms with Crippen molar-refractivity contribution in [3.63, 3.8) is 0 Å². The van der Waals surface area contributed by atoms with Crippen LogP contribution < -0.4 is 0 Å². The Morgan fingerprint density at radius 1 is 1.38 bits per heavy atom. The summed E-state index contributed by atoms with van der Waals surface area (Å²) in [4.78, 5) is 10.4. The van der Waals surface area contributed by atoms with Crippen LogP contribution in [0.1, 0.15) is 24.0 Å². The number of nitrogens with zero attached hydrogens (tertiary/aromatic N) is 1. The topological polar surface area (TPSA) is 29.4 Å². The number of fused-ring (bicyclic) bond motifs is 1. The highest BCUT2D eigenvalue weighted by molar-refractivity contribution is 5.62. The molecule has 2 nitrogen and oxygen atoms in total. The summed E-state index contributed by atoms with van der Waals surface area (Å²) in [6.45, 7) is 1.85. The van der Waals surface area contributed by atoms with Gasteiger partial charge in [0, 0.05) is 5.92 Å². The Morgan fingerprint density at radius 3 is 2.92 bits per heavy atom. The zero-order chi connectivity index (χ0) is 9.26. The van der Waals surface area contributed by atoms with Crippen molar-refractivity contribution >= 4 is 6.08 Å². The van der Waals surface area contributed by atoms with Crippen molar-refractivity contribution in [2.24, 2.45) is 5.18 Å². The van der Waals surface area contributed by atoms with E-state index in [1.165, 1.54) is 11.1 Å². The molecule has 0 aliphatic heterocycles. The predicted molar refractivity (Wildman–Crippen MR) is 53.5 cm³/mol. The molecule has 1 aromatic rings. The molecule has 2 unspecified atom stereocenters. The molecule has 0 saturated carbocycles. The quantitative estimate of drug-likeness (QED) is 0.632. The van der Waals surface area contributed by atoms with Crippen molar-refractivity contribution in [2.45, 2.75) is 18.9 Å². The molecule has 1 aromatic carbocycles. The minimum absolute atomic E-state index is 0.167. The maximum atomic E-state index is 10.4. The van der Waals surface area contributed by atoms with Gasteiger partial charge in [-0.3, -0.25) is 0 Å². The number of hydrogen-bond acceptors (Lipinski definition) is 2. The molecule has 0 N–H and O–H groups in total. The van der Waals surface area contributed by atoms with Gasteiger partial charge < -0.3 is 0 Å². The van der Waals surface area contributed by atoms with Gasteiger partial charge in [0.2, 0.25) is 0 Å². The van der Waals surface area contributed by atoms with Crippen molar-refractivity contribution in [2.75, 3.05) is 0 Å². The van der Waals surface area contributed by atoms with Gasteiger partial charge in [-0.05, 0) is 18.1 Å². The zero-order valence-corrected chi connectivity index (χ0v) is 7.47. The van der Waals surface area contributed by atoms with Crippen LogP contribution in [-0.2, 0) is 0 Å². The predicted octanol–water partition coefficient (Wildman–Crippen LogP) is 2.95. The molecule has 13 heavy (non-hydrogen) atoms. The van der Waals surface area contributed by atoms with Crippen LogP contribution in [0.15, 0.2) is 35.5 Å². The van der Waals surface area contributed by atoms with E-state index in [0.717, 1.165) is 0 Å². The van der Waals surface area contributed by atoms with Gasteiger partial charge in [-0.1, -0.05) is 41.6 Å². The minimum Gasteiger partial charge on any atom is -0.150 e. The average Bonchev–Trinajstić information content (AvgIpc) is 2.60. The first-order valence-electron chi connectivity index (χ1n) is 4.42. The van der Waals surface area contributed by atoms with Gasteiger partial charge >= 0.3 is 0 Å². The third-order valence-corrected chi connectivity index (χ3v) is 2.52. The molecule has 2 heteroatoms. The maximum absolute atomic E-state index is 10.4. The van der Waals surface area contributed by atoms with Crippen molar-refractivity contribution in [3.8, 4) is 0 Å². The molecule has 0 aromatic heterocycles. The lowest BCUT2D eigenvalue weighted by atomic mass is 9.95. The second kappa shape index (κ2) is 3.13. The highest BCUT2D eigenvalue weighted by atomic mass is 16.3. The Balaban J connectivity index is 2.38. The van der Waals surface area contributed by atoms with Gasteiger partial charge in [-0.2, -0.15) is 4.91 Å². The molecule has 66 valence electrons. The number of nitroso groups, excluding NO2 is 1. The summed E-state index contributed by atoms with van der Waals surface area (Å²) in [5, 5.41) is 3.07. The number of hydrogen-bond donors (Lipinski definition) is 0. The van der Waals surface area contributed by atoms with Gasteiger partial charge in [0.15, 0.2) is 0 Å². The summed E-state index contributed by atoms with van der Waals surface area (Å²) in [6.07, 6.45) is 4.11. The Kier molecular flexibility index (Phi) is 1.97. The van der Waals surface area contributed by atoms with Crippen LogP contribution >= 0.6 is 0 Å². The van der Waals surface area contributed by atoms with E-state index in [9.17, 15) is 4.91 Å². The van der Waals surface area contributed by atoms with Crippen LogP contribution in [0.4, 0.5) is 0 Å². The van der Waals surface area contributed by atoms with E-state index >= 15 is 0 Å². The van der Waals surface area contributed by atoms with Crippen molar-refractivity contribution in [3.05, 3.63) is 46.4 Å². The molecule has 2 rings (SSSR count). The average molecular weight is 173 g/mol. The van der Waals surface area contributed by atoms with Gasteiger partial charge in [-0.25, -0.2) is 0 Å². The maximum Gasteiger partial charge on any atom is 0.0994 e. The molecule has 0 heterocycles. The van der Waals surface area contributed by atoms with Gasteiger partial charge in [-0.15, -0.1) is 0 Å². The Labute approximate surface area is 77.3 Å². The highest BCUT2D eigenvalue weighted by Gasteiger charge is 2.22.